The minimum atomic E-state index is -0.745. The summed E-state index contributed by atoms with van der Waals surface area (Å²) in [5.74, 6) is -0.445. The van der Waals surface area contributed by atoms with Crippen molar-refractivity contribution >= 4 is 33.8 Å². The van der Waals surface area contributed by atoms with Crippen LogP contribution < -0.4 is 16.3 Å². The Morgan fingerprint density at radius 2 is 1.44 bits per heavy atom. The van der Waals surface area contributed by atoms with Gasteiger partial charge >= 0.3 is 6.09 Å². The van der Waals surface area contributed by atoms with Crippen molar-refractivity contribution in [3.05, 3.63) is 58.8 Å². The average Bonchev–Trinajstić information content (AvgIpc) is 2.62. The second-order valence-corrected chi connectivity index (χ2v) is 7.12. The van der Waals surface area contributed by atoms with Gasteiger partial charge in [0.05, 0.1) is 11.0 Å². The molecule has 2 aromatic carbocycles. The minimum Gasteiger partial charge on any atom is -0.443 e. The summed E-state index contributed by atoms with van der Waals surface area (Å²) in [6.07, 6.45) is -0.745. The molecule has 2 amide bonds. The number of aromatic nitrogens is 1. The van der Waals surface area contributed by atoms with Crippen LogP contribution in [0.2, 0.25) is 0 Å². The quantitative estimate of drug-likeness (QED) is 0.538. The highest BCUT2D eigenvalue weighted by atomic mass is 16.6. The minimum absolute atomic E-state index is 0.0723. The highest BCUT2D eigenvalue weighted by molar-refractivity contribution is 5.95. The number of ether oxygens (including phenoxy) is 1. The predicted octanol–water partition coefficient (Wildman–Crippen LogP) is 2.71. The second-order valence-electron chi connectivity index (χ2n) is 7.12. The first-order valence-electron chi connectivity index (χ1n) is 8.54. The Labute approximate surface area is 155 Å². The topological polar surface area (TPSA) is 89.4 Å². The molecule has 1 aromatic heterocycles. The molecule has 3 rings (SSSR count). The molecule has 3 aromatic rings. The lowest BCUT2D eigenvalue weighted by Crippen LogP contribution is -2.45. The molecule has 0 aliphatic rings. The number of hydrogen-bond acceptors (Lipinski definition) is 4. The lowest BCUT2D eigenvalue weighted by Gasteiger charge is -2.20. The summed E-state index contributed by atoms with van der Waals surface area (Å²) in [5.41, 5.74) is 5.11. The van der Waals surface area contributed by atoms with Crippen LogP contribution in [0.3, 0.4) is 0 Å². The van der Waals surface area contributed by atoms with Gasteiger partial charge in [-0.3, -0.25) is 15.0 Å². The van der Waals surface area contributed by atoms with Crippen molar-refractivity contribution in [3.63, 3.8) is 0 Å². The molecule has 2 N–H and O–H groups in total. The molecule has 0 unspecified atom stereocenters. The number of pyridine rings is 1. The first-order valence-corrected chi connectivity index (χ1v) is 8.54. The third-order valence-corrected chi connectivity index (χ3v) is 3.88. The van der Waals surface area contributed by atoms with Crippen molar-refractivity contribution in [3.8, 4) is 0 Å². The van der Waals surface area contributed by atoms with E-state index in [1.807, 2.05) is 12.1 Å². The van der Waals surface area contributed by atoms with Crippen LogP contribution in [0, 0.1) is 0 Å². The van der Waals surface area contributed by atoms with Crippen LogP contribution in [0.25, 0.3) is 21.8 Å². The molecule has 1 heterocycles. The highest BCUT2D eigenvalue weighted by Gasteiger charge is 2.17. The Balaban J connectivity index is 1.90. The fourth-order valence-electron chi connectivity index (χ4n) is 2.85. The number of benzene rings is 2. The van der Waals surface area contributed by atoms with E-state index in [0.29, 0.717) is 21.8 Å². The van der Waals surface area contributed by atoms with Gasteiger partial charge in [0.25, 0.3) is 5.91 Å². The SMILES string of the molecule is CC(C)(C)OC(=O)NNC(=O)Cn1c2ccccc2c(=O)c2ccccc21. The molecule has 0 radical (unpaired) electrons. The monoisotopic (exact) mass is 367 g/mol. The Hall–Kier alpha value is -3.35. The summed E-state index contributed by atoms with van der Waals surface area (Å²) < 4.78 is 6.83. The largest absolute Gasteiger partial charge is 0.443 e. The van der Waals surface area contributed by atoms with E-state index in [2.05, 4.69) is 10.9 Å². The number of fused-ring (bicyclic) bond motifs is 2. The zero-order valence-corrected chi connectivity index (χ0v) is 15.4. The van der Waals surface area contributed by atoms with Crippen molar-refractivity contribution in [2.24, 2.45) is 0 Å². The summed E-state index contributed by atoms with van der Waals surface area (Å²) in [5, 5.41) is 1.06. The van der Waals surface area contributed by atoms with Gasteiger partial charge in [0.15, 0.2) is 5.43 Å². The van der Waals surface area contributed by atoms with E-state index in [1.54, 1.807) is 61.7 Å². The molecule has 0 bridgehead atoms. The zero-order chi connectivity index (χ0) is 19.6. The Morgan fingerprint density at radius 3 is 1.96 bits per heavy atom. The van der Waals surface area contributed by atoms with Gasteiger partial charge < -0.3 is 9.30 Å². The Kier molecular flexibility index (Phi) is 4.85. The van der Waals surface area contributed by atoms with E-state index in [9.17, 15) is 14.4 Å². The van der Waals surface area contributed by atoms with Gasteiger partial charge in [-0.05, 0) is 45.0 Å². The summed E-state index contributed by atoms with van der Waals surface area (Å²) in [4.78, 5) is 36.7. The van der Waals surface area contributed by atoms with Crippen LogP contribution in [0.4, 0.5) is 4.79 Å². The molecule has 0 saturated carbocycles. The highest BCUT2D eigenvalue weighted by Crippen LogP contribution is 2.18. The molecule has 140 valence electrons. The lowest BCUT2D eigenvalue weighted by molar-refractivity contribution is -0.122. The van der Waals surface area contributed by atoms with Crippen LogP contribution in [0.15, 0.2) is 53.3 Å². The second kappa shape index (κ2) is 7.11. The number of rotatable bonds is 2. The van der Waals surface area contributed by atoms with Crippen LogP contribution in [0.5, 0.6) is 0 Å². The van der Waals surface area contributed by atoms with Gasteiger partial charge in [0, 0.05) is 10.8 Å². The van der Waals surface area contributed by atoms with E-state index in [0.717, 1.165) is 0 Å². The number of carbonyl (C=O) groups is 2. The molecule has 0 aliphatic carbocycles. The number of hydrazine groups is 1. The van der Waals surface area contributed by atoms with Crippen LogP contribution in [0.1, 0.15) is 20.8 Å². The lowest BCUT2D eigenvalue weighted by atomic mass is 10.1. The van der Waals surface area contributed by atoms with E-state index >= 15 is 0 Å². The summed E-state index contributed by atoms with van der Waals surface area (Å²) >= 11 is 0. The van der Waals surface area contributed by atoms with E-state index in [-0.39, 0.29) is 12.0 Å². The summed E-state index contributed by atoms with van der Waals surface area (Å²) in [7, 11) is 0. The Bertz CT molecular complexity index is 1020. The molecule has 0 saturated heterocycles. The molecule has 0 aliphatic heterocycles. The number of nitrogens with zero attached hydrogens (tertiary/aromatic N) is 1. The van der Waals surface area contributed by atoms with Crippen molar-refractivity contribution in [1.29, 1.82) is 0 Å². The third-order valence-electron chi connectivity index (χ3n) is 3.88. The third kappa shape index (κ3) is 4.08. The molecule has 7 heteroatoms. The Morgan fingerprint density at radius 1 is 0.926 bits per heavy atom. The first kappa shape index (κ1) is 18.4. The van der Waals surface area contributed by atoms with E-state index < -0.39 is 17.6 Å². The molecule has 7 nitrogen and oxygen atoms in total. The van der Waals surface area contributed by atoms with Gasteiger partial charge in [-0.2, -0.15) is 0 Å². The fourth-order valence-corrected chi connectivity index (χ4v) is 2.85. The molecular weight excluding hydrogens is 346 g/mol. The average molecular weight is 367 g/mol. The van der Waals surface area contributed by atoms with Gasteiger partial charge in [-0.25, -0.2) is 10.2 Å². The zero-order valence-electron chi connectivity index (χ0n) is 15.4. The maximum atomic E-state index is 12.7. The number of nitrogens with one attached hydrogen (secondary N) is 2. The van der Waals surface area contributed by atoms with Crippen molar-refractivity contribution in [2.75, 3.05) is 0 Å². The normalized spacial score (nSPS) is 11.4. The summed E-state index contributed by atoms with van der Waals surface area (Å²) in [6, 6.07) is 14.2. The van der Waals surface area contributed by atoms with E-state index in [4.69, 9.17) is 4.74 Å². The molecule has 0 fully saturated rings. The van der Waals surface area contributed by atoms with Crippen LogP contribution >= 0.6 is 0 Å². The van der Waals surface area contributed by atoms with Gasteiger partial charge in [-0.15, -0.1) is 0 Å². The molecular formula is C20H21N3O4. The number of carbonyl (C=O) groups excluding carboxylic acids is 2. The molecule has 0 spiro atoms. The first-order chi connectivity index (χ1) is 12.8. The van der Waals surface area contributed by atoms with Crippen LogP contribution in [-0.2, 0) is 16.1 Å². The van der Waals surface area contributed by atoms with Gasteiger partial charge in [0.2, 0.25) is 0 Å². The standard InChI is InChI=1S/C20H21N3O4/c1-20(2,3)27-19(26)22-21-17(24)12-23-15-10-6-4-8-13(15)18(25)14-9-5-7-11-16(14)23/h4-11H,12H2,1-3H3,(H,21,24)(H,22,26). The number of amides is 2. The fraction of sp³-hybridized carbons (Fsp3) is 0.250. The number of para-hydroxylation sites is 2. The van der Waals surface area contributed by atoms with Gasteiger partial charge in [-0.1, -0.05) is 24.3 Å². The van der Waals surface area contributed by atoms with E-state index in [1.165, 1.54) is 0 Å². The smallest absolute Gasteiger partial charge is 0.426 e. The predicted molar refractivity (Wildman–Crippen MR) is 103 cm³/mol. The van der Waals surface area contributed by atoms with Crippen molar-refractivity contribution in [2.45, 2.75) is 32.9 Å². The summed E-state index contributed by atoms with van der Waals surface area (Å²) in [6.45, 7) is 5.12. The maximum Gasteiger partial charge on any atom is 0.426 e. The van der Waals surface area contributed by atoms with Gasteiger partial charge in [0.1, 0.15) is 12.1 Å². The van der Waals surface area contributed by atoms with Crippen molar-refractivity contribution < 1.29 is 14.3 Å². The van der Waals surface area contributed by atoms with Crippen LogP contribution in [-0.4, -0.2) is 22.2 Å². The number of hydrogen-bond donors (Lipinski definition) is 2. The molecule has 0 atom stereocenters. The molecule has 27 heavy (non-hydrogen) atoms. The maximum absolute atomic E-state index is 12.7. The van der Waals surface area contributed by atoms with Crippen molar-refractivity contribution in [1.82, 2.24) is 15.4 Å².